The topological polar surface area (TPSA) is 69.4 Å². The summed E-state index contributed by atoms with van der Waals surface area (Å²) in [6.07, 6.45) is 5.78. The molecule has 0 radical (unpaired) electrons. The van der Waals surface area contributed by atoms with Gasteiger partial charge in [0.05, 0.1) is 6.26 Å². The smallest absolute Gasteiger partial charge is 0.265 e. The van der Waals surface area contributed by atoms with Crippen LogP contribution in [0.2, 0.25) is 0 Å². The van der Waals surface area contributed by atoms with E-state index in [1.165, 1.54) is 0 Å². The van der Waals surface area contributed by atoms with E-state index in [0.29, 0.717) is 6.42 Å². The maximum atomic E-state index is 10.8. The summed E-state index contributed by atoms with van der Waals surface area (Å²) < 4.78 is 26.2. The van der Waals surface area contributed by atoms with Crippen molar-refractivity contribution in [3.8, 4) is 0 Å². The summed E-state index contributed by atoms with van der Waals surface area (Å²) in [7, 11) is -3.48. The van der Waals surface area contributed by atoms with Gasteiger partial charge in [0.25, 0.3) is 10.1 Å². The van der Waals surface area contributed by atoms with Crippen LogP contribution in [0.4, 0.5) is 0 Å². The number of allylic oxidation sites excluding steroid dienone is 2. The summed E-state index contributed by atoms with van der Waals surface area (Å²) in [6, 6.07) is 0. The second-order valence-corrected chi connectivity index (χ2v) is 5.09. The van der Waals surface area contributed by atoms with E-state index in [-0.39, 0.29) is 5.92 Å². The molecule has 0 aromatic carbocycles. The Hall–Kier alpha value is -0.650. The van der Waals surface area contributed by atoms with E-state index in [2.05, 4.69) is 17.3 Å². The first-order chi connectivity index (χ1) is 6.89. The third-order valence-corrected chi connectivity index (χ3v) is 2.46. The van der Waals surface area contributed by atoms with Crippen LogP contribution in [0.25, 0.3) is 0 Å². The summed E-state index contributed by atoms with van der Waals surface area (Å²) in [4.78, 5) is 0. The number of nitrogens with two attached hydrogens (primary N) is 1. The second-order valence-electron chi connectivity index (χ2n) is 3.49. The Balaban J connectivity index is 4.15. The van der Waals surface area contributed by atoms with Gasteiger partial charge < -0.3 is 5.73 Å². The average Bonchev–Trinajstić information content (AvgIpc) is 2.00. The maximum Gasteiger partial charge on any atom is 0.265 e. The lowest BCUT2D eigenvalue weighted by atomic mass is 9.97. The molecule has 1 atom stereocenters. The monoisotopic (exact) mass is 233 g/mol. The lowest BCUT2D eigenvalue weighted by molar-refractivity contribution is 0.183. The fourth-order valence-corrected chi connectivity index (χ4v) is 1.88. The van der Waals surface area contributed by atoms with E-state index >= 15 is 0 Å². The maximum absolute atomic E-state index is 10.8. The standard InChI is InChI=1S/C10H19NO3S/c1-4-6-9(7-5-2)8-10(11)14-15(3,12)13/h4-5,9-10H,1-2,6-8,11H2,3H3. The zero-order chi connectivity index (χ0) is 11.9. The minimum Gasteiger partial charge on any atom is -0.305 e. The van der Waals surface area contributed by atoms with Crippen LogP contribution in [0.15, 0.2) is 25.3 Å². The fourth-order valence-electron chi connectivity index (χ4n) is 1.35. The van der Waals surface area contributed by atoms with Gasteiger partial charge in [-0.3, -0.25) is 4.18 Å². The van der Waals surface area contributed by atoms with Crippen LogP contribution in [-0.4, -0.2) is 20.9 Å². The van der Waals surface area contributed by atoms with Gasteiger partial charge in [0.1, 0.15) is 6.23 Å². The Kier molecular flexibility index (Phi) is 6.47. The van der Waals surface area contributed by atoms with Gasteiger partial charge in [0, 0.05) is 0 Å². The highest BCUT2D eigenvalue weighted by atomic mass is 32.2. The molecule has 0 spiro atoms. The van der Waals surface area contributed by atoms with Gasteiger partial charge in [0.2, 0.25) is 0 Å². The molecule has 0 saturated heterocycles. The number of rotatable bonds is 8. The number of hydrogen-bond acceptors (Lipinski definition) is 4. The van der Waals surface area contributed by atoms with Crippen molar-refractivity contribution in [3.63, 3.8) is 0 Å². The van der Waals surface area contributed by atoms with Crippen LogP contribution in [-0.2, 0) is 14.3 Å². The van der Waals surface area contributed by atoms with E-state index in [1.54, 1.807) is 12.2 Å². The normalized spacial score (nSPS) is 13.8. The molecule has 2 N–H and O–H groups in total. The first kappa shape index (κ1) is 14.3. The van der Waals surface area contributed by atoms with Crippen LogP contribution in [0.5, 0.6) is 0 Å². The van der Waals surface area contributed by atoms with E-state index in [4.69, 9.17) is 5.73 Å². The summed E-state index contributed by atoms with van der Waals surface area (Å²) in [6.45, 7) is 7.26. The fraction of sp³-hybridized carbons (Fsp3) is 0.600. The summed E-state index contributed by atoms with van der Waals surface area (Å²) in [5.74, 6) is 0.233. The Morgan fingerprint density at radius 2 is 1.80 bits per heavy atom. The highest BCUT2D eigenvalue weighted by Crippen LogP contribution is 2.17. The van der Waals surface area contributed by atoms with Gasteiger partial charge in [-0.2, -0.15) is 8.42 Å². The molecule has 0 amide bonds. The van der Waals surface area contributed by atoms with Crippen LogP contribution >= 0.6 is 0 Å². The Morgan fingerprint density at radius 1 is 1.33 bits per heavy atom. The third-order valence-electron chi connectivity index (χ3n) is 1.86. The summed E-state index contributed by atoms with van der Waals surface area (Å²) >= 11 is 0. The molecule has 0 bridgehead atoms. The van der Waals surface area contributed by atoms with Gasteiger partial charge in [-0.05, 0) is 25.2 Å². The predicted octanol–water partition coefficient (Wildman–Crippen LogP) is 1.41. The molecule has 0 rings (SSSR count). The van der Waals surface area contributed by atoms with E-state index in [1.807, 2.05) is 0 Å². The van der Waals surface area contributed by atoms with E-state index in [0.717, 1.165) is 19.1 Å². The number of hydrogen-bond donors (Lipinski definition) is 1. The predicted molar refractivity (Wildman–Crippen MR) is 61.6 cm³/mol. The highest BCUT2D eigenvalue weighted by molar-refractivity contribution is 7.86. The van der Waals surface area contributed by atoms with Gasteiger partial charge in [0.15, 0.2) is 0 Å². The van der Waals surface area contributed by atoms with Gasteiger partial charge in [-0.25, -0.2) is 0 Å². The zero-order valence-corrected chi connectivity index (χ0v) is 9.87. The molecule has 0 aliphatic heterocycles. The second kappa shape index (κ2) is 6.76. The molecule has 88 valence electrons. The molecule has 0 aliphatic rings. The first-order valence-electron chi connectivity index (χ1n) is 4.74. The molecule has 0 aliphatic carbocycles. The highest BCUT2D eigenvalue weighted by Gasteiger charge is 2.15. The summed E-state index contributed by atoms with van der Waals surface area (Å²) in [5, 5.41) is 0. The third kappa shape index (κ3) is 8.35. The van der Waals surface area contributed by atoms with E-state index in [9.17, 15) is 8.42 Å². The Morgan fingerprint density at radius 3 is 2.13 bits per heavy atom. The molecule has 0 aromatic rings. The molecule has 0 saturated carbocycles. The van der Waals surface area contributed by atoms with Crippen molar-refractivity contribution in [3.05, 3.63) is 25.3 Å². The largest absolute Gasteiger partial charge is 0.305 e. The molecular formula is C10H19NO3S. The van der Waals surface area contributed by atoms with Crippen molar-refractivity contribution in [2.75, 3.05) is 6.26 Å². The van der Waals surface area contributed by atoms with Crippen molar-refractivity contribution in [1.29, 1.82) is 0 Å². The zero-order valence-electron chi connectivity index (χ0n) is 9.06. The molecule has 0 aromatic heterocycles. The quantitative estimate of drug-likeness (QED) is 0.391. The molecule has 15 heavy (non-hydrogen) atoms. The first-order valence-corrected chi connectivity index (χ1v) is 6.56. The van der Waals surface area contributed by atoms with Crippen LogP contribution < -0.4 is 5.73 Å². The minimum absolute atomic E-state index is 0.233. The molecular weight excluding hydrogens is 214 g/mol. The minimum atomic E-state index is -3.48. The lowest BCUT2D eigenvalue weighted by Gasteiger charge is -2.17. The molecule has 0 fully saturated rings. The van der Waals surface area contributed by atoms with Gasteiger partial charge >= 0.3 is 0 Å². The van der Waals surface area contributed by atoms with Gasteiger partial charge in [-0.15, -0.1) is 13.2 Å². The Bertz CT molecular complexity index is 288. The molecule has 5 heteroatoms. The van der Waals surface area contributed by atoms with Crippen LogP contribution in [0.3, 0.4) is 0 Å². The lowest BCUT2D eigenvalue weighted by Crippen LogP contribution is -2.29. The van der Waals surface area contributed by atoms with Crippen molar-refractivity contribution < 1.29 is 12.6 Å². The van der Waals surface area contributed by atoms with Crippen molar-refractivity contribution in [2.45, 2.75) is 25.5 Å². The molecule has 0 heterocycles. The SMILES string of the molecule is C=CCC(CC=C)CC(N)OS(C)(=O)=O. The van der Waals surface area contributed by atoms with E-state index < -0.39 is 16.3 Å². The summed E-state index contributed by atoms with van der Waals surface area (Å²) in [5.41, 5.74) is 5.55. The van der Waals surface area contributed by atoms with Crippen LogP contribution in [0.1, 0.15) is 19.3 Å². The van der Waals surface area contributed by atoms with Crippen LogP contribution in [0, 0.1) is 5.92 Å². The average molecular weight is 233 g/mol. The Labute approximate surface area is 91.9 Å². The van der Waals surface area contributed by atoms with Crippen molar-refractivity contribution in [1.82, 2.24) is 0 Å². The molecule has 4 nitrogen and oxygen atoms in total. The molecule has 1 unspecified atom stereocenters. The van der Waals surface area contributed by atoms with Gasteiger partial charge in [-0.1, -0.05) is 12.2 Å². The van der Waals surface area contributed by atoms with Crippen molar-refractivity contribution >= 4 is 10.1 Å². The van der Waals surface area contributed by atoms with Crippen molar-refractivity contribution in [2.24, 2.45) is 11.7 Å².